The maximum absolute atomic E-state index is 13.1. The Morgan fingerprint density at radius 2 is 1.55 bits per heavy atom. The van der Waals surface area contributed by atoms with Crippen molar-refractivity contribution < 1.29 is 14.4 Å². The van der Waals surface area contributed by atoms with Crippen LogP contribution in [-0.2, 0) is 9.59 Å². The highest BCUT2D eigenvalue weighted by Crippen LogP contribution is 2.26. The fourth-order valence-electron chi connectivity index (χ4n) is 3.87. The summed E-state index contributed by atoms with van der Waals surface area (Å²) in [6, 6.07) is 15.8. The van der Waals surface area contributed by atoms with Crippen molar-refractivity contribution in [1.82, 2.24) is 9.80 Å². The van der Waals surface area contributed by atoms with Crippen molar-refractivity contribution >= 4 is 40.6 Å². The van der Waals surface area contributed by atoms with E-state index in [0.29, 0.717) is 42.5 Å². The maximum atomic E-state index is 13.1. The normalized spacial score (nSPS) is 18.7. The topological polar surface area (TPSA) is 73.3 Å². The van der Waals surface area contributed by atoms with E-state index in [4.69, 9.17) is 11.6 Å². The van der Waals surface area contributed by atoms with Crippen molar-refractivity contribution in [2.24, 2.45) is 5.10 Å². The molecule has 2 amide bonds. The molecule has 0 spiro atoms. The van der Waals surface area contributed by atoms with Crippen LogP contribution in [0.15, 0.2) is 59.7 Å². The third-order valence-corrected chi connectivity index (χ3v) is 5.81. The third-order valence-electron chi connectivity index (χ3n) is 5.57. The highest BCUT2D eigenvalue weighted by atomic mass is 35.5. The second-order valence-corrected chi connectivity index (χ2v) is 8.09. The number of Topliss-reactive ketones (excluding diaryl/α,β-unsaturated/α-hetero) is 1. The molecule has 160 valence electrons. The Kier molecular flexibility index (Phi) is 6.04. The van der Waals surface area contributed by atoms with Crippen LogP contribution in [-0.4, -0.2) is 65.3 Å². The minimum Gasteiger partial charge on any atom is -0.335 e. The molecule has 8 heteroatoms. The van der Waals surface area contributed by atoms with Crippen molar-refractivity contribution in [3.8, 4) is 0 Å². The van der Waals surface area contributed by atoms with Crippen molar-refractivity contribution in [2.75, 3.05) is 31.2 Å². The number of carbonyl (C=O) groups is 3. The lowest BCUT2D eigenvalue weighted by atomic mass is 10.1. The SMILES string of the molecule is CC(=O)C1CC(C(=O)N2CCN(C(=O)c3cccc(Cl)c3)CC2)=NN1c1ccccc1. The average molecular weight is 439 g/mol. The van der Waals surface area contributed by atoms with Gasteiger partial charge in [-0.05, 0) is 37.3 Å². The Balaban J connectivity index is 1.42. The Morgan fingerprint density at radius 3 is 2.16 bits per heavy atom. The molecule has 0 saturated carbocycles. The van der Waals surface area contributed by atoms with E-state index in [9.17, 15) is 14.4 Å². The Hall–Kier alpha value is -3.19. The lowest BCUT2D eigenvalue weighted by Crippen LogP contribution is -2.52. The Labute approximate surface area is 185 Å². The van der Waals surface area contributed by atoms with Crippen LogP contribution >= 0.6 is 11.6 Å². The van der Waals surface area contributed by atoms with Gasteiger partial charge in [-0.2, -0.15) is 5.10 Å². The Morgan fingerprint density at radius 1 is 0.903 bits per heavy atom. The first-order chi connectivity index (χ1) is 14.9. The molecule has 0 radical (unpaired) electrons. The van der Waals surface area contributed by atoms with Gasteiger partial charge in [-0.1, -0.05) is 35.9 Å². The van der Waals surface area contributed by atoms with E-state index in [1.54, 1.807) is 39.1 Å². The van der Waals surface area contributed by atoms with E-state index in [2.05, 4.69) is 5.10 Å². The number of anilines is 1. The first-order valence-electron chi connectivity index (χ1n) is 10.2. The quantitative estimate of drug-likeness (QED) is 0.735. The summed E-state index contributed by atoms with van der Waals surface area (Å²) in [5.41, 5.74) is 1.69. The fraction of sp³-hybridized carbons (Fsp3) is 0.304. The molecule has 2 aromatic rings. The van der Waals surface area contributed by atoms with Crippen LogP contribution in [0.5, 0.6) is 0 Å². The summed E-state index contributed by atoms with van der Waals surface area (Å²) in [4.78, 5) is 41.4. The van der Waals surface area contributed by atoms with Crippen molar-refractivity contribution in [2.45, 2.75) is 19.4 Å². The van der Waals surface area contributed by atoms with E-state index in [-0.39, 0.29) is 24.0 Å². The number of ketones is 1. The standard InChI is InChI=1S/C23H23ClN4O3/c1-16(29)21-15-20(25-28(21)19-8-3-2-4-9-19)23(31)27-12-10-26(11-13-27)22(30)17-6-5-7-18(24)14-17/h2-9,14,21H,10-13,15H2,1H3. The van der Waals surface area contributed by atoms with Crippen LogP contribution in [0.1, 0.15) is 23.7 Å². The zero-order chi connectivity index (χ0) is 22.0. The van der Waals surface area contributed by atoms with Crippen molar-refractivity contribution in [3.05, 3.63) is 65.2 Å². The smallest absolute Gasteiger partial charge is 0.270 e. The van der Waals surface area contributed by atoms with Crippen LogP contribution < -0.4 is 5.01 Å². The van der Waals surface area contributed by atoms with Gasteiger partial charge in [0.05, 0.1) is 5.69 Å². The molecule has 0 N–H and O–H groups in total. The molecular formula is C23H23ClN4O3. The molecule has 0 aliphatic carbocycles. The molecule has 31 heavy (non-hydrogen) atoms. The minimum absolute atomic E-state index is 0.0349. The second kappa shape index (κ2) is 8.89. The summed E-state index contributed by atoms with van der Waals surface area (Å²) in [6.07, 6.45) is 0.282. The summed E-state index contributed by atoms with van der Waals surface area (Å²) in [7, 11) is 0. The summed E-state index contributed by atoms with van der Waals surface area (Å²) >= 11 is 5.99. The zero-order valence-corrected chi connectivity index (χ0v) is 18.0. The number of hydrazone groups is 1. The molecule has 2 aliphatic heterocycles. The summed E-state index contributed by atoms with van der Waals surface area (Å²) in [5.74, 6) is -0.313. The number of para-hydroxylation sites is 1. The van der Waals surface area contributed by atoms with Gasteiger partial charge < -0.3 is 9.80 Å². The number of amides is 2. The van der Waals surface area contributed by atoms with Crippen LogP contribution in [0.4, 0.5) is 5.69 Å². The second-order valence-electron chi connectivity index (χ2n) is 7.65. The number of carbonyl (C=O) groups excluding carboxylic acids is 3. The third kappa shape index (κ3) is 4.46. The predicted octanol–water partition coefficient (Wildman–Crippen LogP) is 2.85. The predicted molar refractivity (Wildman–Crippen MR) is 119 cm³/mol. The monoisotopic (exact) mass is 438 g/mol. The number of nitrogens with zero attached hydrogens (tertiary/aromatic N) is 4. The van der Waals surface area contributed by atoms with Crippen LogP contribution in [0.25, 0.3) is 0 Å². The highest BCUT2D eigenvalue weighted by molar-refractivity contribution is 6.40. The molecule has 1 saturated heterocycles. The number of hydrogen-bond acceptors (Lipinski definition) is 5. The number of hydrogen-bond donors (Lipinski definition) is 0. The molecular weight excluding hydrogens is 416 g/mol. The molecule has 1 fully saturated rings. The number of benzene rings is 2. The van der Waals surface area contributed by atoms with Crippen molar-refractivity contribution in [1.29, 1.82) is 0 Å². The molecule has 0 bridgehead atoms. The van der Waals surface area contributed by atoms with Crippen LogP contribution in [0.3, 0.4) is 0 Å². The molecule has 2 heterocycles. The molecule has 1 unspecified atom stereocenters. The lowest BCUT2D eigenvalue weighted by molar-refractivity contribution is -0.125. The van der Waals surface area contributed by atoms with Crippen LogP contribution in [0, 0.1) is 0 Å². The lowest BCUT2D eigenvalue weighted by Gasteiger charge is -2.34. The van der Waals surface area contributed by atoms with Gasteiger partial charge in [-0.15, -0.1) is 0 Å². The number of piperazine rings is 1. The summed E-state index contributed by atoms with van der Waals surface area (Å²) < 4.78 is 0. The Bertz CT molecular complexity index is 1030. The average Bonchev–Trinajstić information content (AvgIpc) is 3.25. The van der Waals surface area contributed by atoms with E-state index in [0.717, 1.165) is 5.69 Å². The van der Waals surface area contributed by atoms with Gasteiger partial charge in [-0.25, -0.2) is 0 Å². The first kappa shape index (κ1) is 21.1. The highest BCUT2D eigenvalue weighted by Gasteiger charge is 2.36. The molecule has 0 aromatic heterocycles. The summed E-state index contributed by atoms with van der Waals surface area (Å²) in [5, 5.41) is 6.64. The van der Waals surface area contributed by atoms with Gasteiger partial charge in [0.25, 0.3) is 11.8 Å². The van der Waals surface area contributed by atoms with Gasteiger partial charge in [0.15, 0.2) is 5.78 Å². The van der Waals surface area contributed by atoms with Crippen LogP contribution in [0.2, 0.25) is 5.02 Å². The van der Waals surface area contributed by atoms with Crippen molar-refractivity contribution in [3.63, 3.8) is 0 Å². The van der Waals surface area contributed by atoms with E-state index < -0.39 is 6.04 Å². The zero-order valence-electron chi connectivity index (χ0n) is 17.2. The number of rotatable bonds is 4. The maximum Gasteiger partial charge on any atom is 0.270 e. The molecule has 2 aliphatic rings. The minimum atomic E-state index is -0.480. The number of halogens is 1. The van der Waals surface area contributed by atoms with Gasteiger partial charge in [0, 0.05) is 43.2 Å². The first-order valence-corrected chi connectivity index (χ1v) is 10.6. The van der Waals surface area contributed by atoms with Gasteiger partial charge in [0.1, 0.15) is 11.8 Å². The van der Waals surface area contributed by atoms with Gasteiger partial charge in [0.2, 0.25) is 0 Å². The fourth-order valence-corrected chi connectivity index (χ4v) is 4.06. The summed E-state index contributed by atoms with van der Waals surface area (Å²) in [6.45, 7) is 3.22. The molecule has 4 rings (SSSR count). The van der Waals surface area contributed by atoms with Gasteiger partial charge >= 0.3 is 0 Å². The van der Waals surface area contributed by atoms with E-state index >= 15 is 0 Å². The molecule has 2 aromatic carbocycles. The van der Waals surface area contributed by atoms with E-state index in [1.165, 1.54) is 6.92 Å². The molecule has 7 nitrogen and oxygen atoms in total. The molecule has 1 atom stereocenters. The van der Waals surface area contributed by atoms with Gasteiger partial charge in [-0.3, -0.25) is 19.4 Å². The van der Waals surface area contributed by atoms with E-state index in [1.807, 2.05) is 30.3 Å². The largest absolute Gasteiger partial charge is 0.335 e.